The van der Waals surface area contributed by atoms with Gasteiger partial charge in [-0.15, -0.1) is 0 Å². The molecule has 5 rings (SSSR count). The van der Waals surface area contributed by atoms with Crippen molar-refractivity contribution in [1.82, 2.24) is 15.5 Å². The van der Waals surface area contributed by atoms with Crippen molar-refractivity contribution in [3.8, 4) is 0 Å². The van der Waals surface area contributed by atoms with Crippen LogP contribution in [0.15, 0.2) is 0 Å². The second-order valence-corrected chi connectivity index (χ2v) is 11.6. The molecule has 33 heavy (non-hydrogen) atoms. The molecule has 1 unspecified atom stereocenters. The van der Waals surface area contributed by atoms with Gasteiger partial charge in [0.2, 0.25) is 0 Å². The van der Waals surface area contributed by atoms with Gasteiger partial charge in [0.25, 0.3) is 5.91 Å². The SMILES string of the molecule is CC(C)(C)OC(=O)N1CCCC(C(=O)OCC(=O)NC(=O)NC23CC4CC(CC(C4)C2)C3)C1. The number of carbonyl (C=O) groups excluding carboxylic acids is 4. The minimum atomic E-state index is -0.648. The summed E-state index contributed by atoms with van der Waals surface area (Å²) in [4.78, 5) is 50.9. The number of likely N-dealkylation sites (tertiary alicyclic amines) is 1. The van der Waals surface area contributed by atoms with E-state index in [4.69, 9.17) is 9.47 Å². The van der Waals surface area contributed by atoms with Crippen LogP contribution in [0.5, 0.6) is 0 Å². The van der Waals surface area contributed by atoms with Gasteiger partial charge in [0, 0.05) is 18.6 Å². The number of imide groups is 1. The Morgan fingerprint density at radius 1 is 1.00 bits per heavy atom. The van der Waals surface area contributed by atoms with E-state index in [2.05, 4.69) is 10.6 Å². The maximum Gasteiger partial charge on any atom is 0.410 e. The standard InChI is InChI=1S/C24H37N3O6/c1-23(2,3)33-22(31)27-6-4-5-18(13-27)20(29)32-14-19(28)25-21(30)26-24-10-15-7-16(11-24)9-17(8-15)12-24/h15-18H,4-14H2,1-3H3,(H2,25,26,28,30). The van der Waals surface area contributed by atoms with E-state index in [0.717, 1.165) is 19.3 Å². The molecule has 0 aromatic heterocycles. The number of carbonyl (C=O) groups is 4. The number of piperidine rings is 1. The summed E-state index contributed by atoms with van der Waals surface area (Å²) < 4.78 is 10.5. The molecular weight excluding hydrogens is 426 g/mol. The number of hydrogen-bond acceptors (Lipinski definition) is 6. The molecule has 4 amide bonds. The third-order valence-electron chi connectivity index (χ3n) is 7.42. The molecule has 5 fully saturated rings. The lowest BCUT2D eigenvalue weighted by Gasteiger charge is -2.56. The zero-order valence-corrected chi connectivity index (χ0v) is 20.0. The average Bonchev–Trinajstić information content (AvgIpc) is 2.69. The van der Waals surface area contributed by atoms with Crippen LogP contribution in [0.1, 0.15) is 72.1 Å². The van der Waals surface area contributed by atoms with Crippen LogP contribution in [0.25, 0.3) is 0 Å². The Balaban J connectivity index is 1.20. The van der Waals surface area contributed by atoms with Crippen molar-refractivity contribution in [3.05, 3.63) is 0 Å². The molecule has 0 aromatic rings. The van der Waals surface area contributed by atoms with Crippen LogP contribution in [0, 0.1) is 23.7 Å². The Kier molecular flexibility index (Phi) is 6.60. The van der Waals surface area contributed by atoms with Crippen molar-refractivity contribution >= 4 is 24.0 Å². The van der Waals surface area contributed by atoms with Gasteiger partial charge in [-0.25, -0.2) is 9.59 Å². The fourth-order valence-corrected chi connectivity index (χ4v) is 6.61. The molecular formula is C24H37N3O6. The number of ether oxygens (including phenoxy) is 2. The van der Waals surface area contributed by atoms with Crippen molar-refractivity contribution < 1.29 is 28.7 Å². The molecule has 5 aliphatic rings. The quantitative estimate of drug-likeness (QED) is 0.620. The van der Waals surface area contributed by atoms with E-state index in [-0.39, 0.29) is 12.1 Å². The van der Waals surface area contributed by atoms with Gasteiger partial charge in [0.1, 0.15) is 5.60 Å². The van der Waals surface area contributed by atoms with Crippen LogP contribution in [0.3, 0.4) is 0 Å². The normalized spacial score (nSPS) is 32.8. The van der Waals surface area contributed by atoms with Crippen molar-refractivity contribution in [2.75, 3.05) is 19.7 Å². The largest absolute Gasteiger partial charge is 0.455 e. The Bertz CT molecular complexity index is 769. The highest BCUT2D eigenvalue weighted by Gasteiger charge is 2.51. The summed E-state index contributed by atoms with van der Waals surface area (Å²) in [6.07, 6.45) is 7.55. The molecule has 1 heterocycles. The second-order valence-electron chi connectivity index (χ2n) is 11.6. The monoisotopic (exact) mass is 463 g/mol. The first-order valence-electron chi connectivity index (χ1n) is 12.3. The maximum atomic E-state index is 12.5. The van der Waals surface area contributed by atoms with E-state index in [1.807, 2.05) is 0 Å². The molecule has 2 N–H and O–H groups in total. The summed E-state index contributed by atoms with van der Waals surface area (Å²) in [7, 11) is 0. The zero-order valence-electron chi connectivity index (χ0n) is 20.0. The molecule has 184 valence electrons. The van der Waals surface area contributed by atoms with Gasteiger partial charge in [-0.1, -0.05) is 0 Å². The lowest BCUT2D eigenvalue weighted by molar-refractivity contribution is -0.153. The summed E-state index contributed by atoms with van der Waals surface area (Å²) in [5.41, 5.74) is -0.803. The van der Waals surface area contributed by atoms with Crippen LogP contribution < -0.4 is 10.6 Å². The molecule has 0 spiro atoms. The minimum absolute atomic E-state index is 0.191. The van der Waals surface area contributed by atoms with Crippen LogP contribution in [0.2, 0.25) is 0 Å². The smallest absolute Gasteiger partial charge is 0.410 e. The van der Waals surface area contributed by atoms with Gasteiger partial charge in [-0.2, -0.15) is 0 Å². The van der Waals surface area contributed by atoms with Crippen LogP contribution >= 0.6 is 0 Å². The number of esters is 1. The molecule has 1 saturated heterocycles. The van der Waals surface area contributed by atoms with Crippen LogP contribution in [-0.2, 0) is 19.1 Å². The molecule has 1 atom stereocenters. The highest BCUT2D eigenvalue weighted by molar-refractivity contribution is 5.96. The van der Waals surface area contributed by atoms with Crippen molar-refractivity contribution in [2.24, 2.45) is 23.7 Å². The van der Waals surface area contributed by atoms with Gasteiger partial charge in [-0.3, -0.25) is 14.9 Å². The number of urea groups is 1. The van der Waals surface area contributed by atoms with E-state index in [0.29, 0.717) is 37.1 Å². The Labute approximate surface area is 195 Å². The molecule has 9 heteroatoms. The van der Waals surface area contributed by atoms with Gasteiger partial charge in [-0.05, 0) is 89.9 Å². The number of amides is 4. The molecule has 4 bridgehead atoms. The maximum absolute atomic E-state index is 12.5. The first-order valence-corrected chi connectivity index (χ1v) is 12.3. The van der Waals surface area contributed by atoms with Crippen molar-refractivity contribution in [3.63, 3.8) is 0 Å². The molecule has 4 aliphatic carbocycles. The predicted molar refractivity (Wildman–Crippen MR) is 119 cm³/mol. The van der Waals surface area contributed by atoms with E-state index < -0.39 is 42.1 Å². The highest BCUT2D eigenvalue weighted by Crippen LogP contribution is 2.55. The van der Waals surface area contributed by atoms with E-state index in [1.54, 1.807) is 20.8 Å². The summed E-state index contributed by atoms with van der Waals surface area (Å²) in [6.45, 7) is 5.57. The molecule has 1 aliphatic heterocycles. The first kappa shape index (κ1) is 23.8. The number of rotatable bonds is 4. The minimum Gasteiger partial charge on any atom is -0.455 e. The average molecular weight is 464 g/mol. The first-order chi connectivity index (χ1) is 15.5. The Morgan fingerprint density at radius 3 is 2.18 bits per heavy atom. The summed E-state index contributed by atoms with van der Waals surface area (Å²) in [5, 5.41) is 5.39. The zero-order chi connectivity index (χ0) is 23.8. The van der Waals surface area contributed by atoms with Crippen molar-refractivity contribution in [2.45, 2.75) is 83.3 Å². The molecule has 9 nitrogen and oxygen atoms in total. The predicted octanol–water partition coefficient (Wildman–Crippen LogP) is 2.97. The molecule has 0 aromatic carbocycles. The summed E-state index contributed by atoms with van der Waals surface area (Å²) >= 11 is 0. The lowest BCUT2D eigenvalue weighted by atomic mass is 9.53. The van der Waals surface area contributed by atoms with Gasteiger partial charge >= 0.3 is 18.1 Å². The summed E-state index contributed by atoms with van der Waals surface area (Å²) in [6, 6.07) is -0.508. The van der Waals surface area contributed by atoms with Crippen LogP contribution in [-0.4, -0.2) is 59.7 Å². The number of nitrogens with zero attached hydrogens (tertiary/aromatic N) is 1. The van der Waals surface area contributed by atoms with Gasteiger partial charge in [0.15, 0.2) is 6.61 Å². The van der Waals surface area contributed by atoms with Gasteiger partial charge in [0.05, 0.1) is 5.92 Å². The molecule has 4 saturated carbocycles. The third-order valence-corrected chi connectivity index (χ3v) is 7.42. The van der Waals surface area contributed by atoms with Crippen LogP contribution in [0.4, 0.5) is 9.59 Å². The summed E-state index contributed by atoms with van der Waals surface area (Å²) in [5.74, 6) is 0.349. The van der Waals surface area contributed by atoms with Gasteiger partial charge < -0.3 is 19.7 Å². The fraction of sp³-hybridized carbons (Fsp3) is 0.833. The number of nitrogens with one attached hydrogen (secondary N) is 2. The fourth-order valence-electron chi connectivity index (χ4n) is 6.61. The van der Waals surface area contributed by atoms with E-state index in [1.165, 1.54) is 24.2 Å². The van der Waals surface area contributed by atoms with Crippen molar-refractivity contribution in [1.29, 1.82) is 0 Å². The highest BCUT2D eigenvalue weighted by atomic mass is 16.6. The lowest BCUT2D eigenvalue weighted by Crippen LogP contribution is -2.62. The third kappa shape index (κ3) is 5.98. The van der Waals surface area contributed by atoms with E-state index >= 15 is 0 Å². The number of hydrogen-bond donors (Lipinski definition) is 2. The topological polar surface area (TPSA) is 114 Å². The second kappa shape index (κ2) is 9.14. The molecule has 0 radical (unpaired) electrons. The Morgan fingerprint density at radius 2 is 1.61 bits per heavy atom. The van der Waals surface area contributed by atoms with E-state index in [9.17, 15) is 19.2 Å². The Hall–Kier alpha value is -2.32.